The Labute approximate surface area is 118 Å². The van der Waals surface area contributed by atoms with Crippen molar-refractivity contribution in [1.29, 1.82) is 0 Å². The van der Waals surface area contributed by atoms with Gasteiger partial charge >= 0.3 is 0 Å². The summed E-state index contributed by atoms with van der Waals surface area (Å²) in [4.78, 5) is 11.7. The lowest BCUT2D eigenvalue weighted by Crippen LogP contribution is -2.34. The molecular formula is C14H29ClN2O. The molecule has 0 aromatic carbocycles. The van der Waals surface area contributed by atoms with Crippen molar-refractivity contribution in [2.24, 2.45) is 5.92 Å². The van der Waals surface area contributed by atoms with E-state index >= 15 is 0 Å². The Kier molecular flexibility index (Phi) is 10.5. The van der Waals surface area contributed by atoms with Gasteiger partial charge in [0.15, 0.2) is 0 Å². The highest BCUT2D eigenvalue weighted by molar-refractivity contribution is 5.85. The molecule has 0 spiro atoms. The van der Waals surface area contributed by atoms with Crippen LogP contribution in [0.25, 0.3) is 0 Å². The number of unbranched alkanes of at least 4 members (excludes halogenated alkanes) is 1. The van der Waals surface area contributed by atoms with Crippen molar-refractivity contribution in [3.05, 3.63) is 0 Å². The molecule has 0 saturated carbocycles. The predicted molar refractivity (Wildman–Crippen MR) is 79.2 cm³/mol. The van der Waals surface area contributed by atoms with E-state index in [9.17, 15) is 4.79 Å². The van der Waals surface area contributed by atoms with Gasteiger partial charge in [0.25, 0.3) is 0 Å². The van der Waals surface area contributed by atoms with Crippen LogP contribution in [-0.2, 0) is 4.79 Å². The fourth-order valence-corrected chi connectivity index (χ4v) is 2.43. The lowest BCUT2D eigenvalue weighted by atomic mass is 9.99. The number of halogens is 1. The van der Waals surface area contributed by atoms with Gasteiger partial charge < -0.3 is 10.6 Å². The zero-order valence-corrected chi connectivity index (χ0v) is 12.7. The first-order valence-corrected chi connectivity index (χ1v) is 7.26. The van der Waals surface area contributed by atoms with Gasteiger partial charge in [0.1, 0.15) is 0 Å². The third-order valence-electron chi connectivity index (χ3n) is 3.73. The maximum absolute atomic E-state index is 11.7. The van der Waals surface area contributed by atoms with Crippen molar-refractivity contribution in [3.8, 4) is 0 Å². The monoisotopic (exact) mass is 276 g/mol. The summed E-state index contributed by atoms with van der Waals surface area (Å²) in [5, 5.41) is 6.45. The molecule has 0 aromatic heterocycles. The number of carbonyl (C=O) groups is 1. The zero-order chi connectivity index (χ0) is 12.5. The highest BCUT2D eigenvalue weighted by atomic mass is 35.5. The Morgan fingerprint density at radius 2 is 2.22 bits per heavy atom. The van der Waals surface area contributed by atoms with Gasteiger partial charge in [-0.05, 0) is 31.7 Å². The summed E-state index contributed by atoms with van der Waals surface area (Å²) in [6, 6.07) is 0.422. The summed E-state index contributed by atoms with van der Waals surface area (Å²) in [6.45, 7) is 6.37. The second kappa shape index (κ2) is 10.6. The molecule has 0 aliphatic carbocycles. The topological polar surface area (TPSA) is 41.1 Å². The highest BCUT2D eigenvalue weighted by Gasteiger charge is 2.17. The van der Waals surface area contributed by atoms with Crippen molar-refractivity contribution < 1.29 is 4.79 Å². The summed E-state index contributed by atoms with van der Waals surface area (Å²) in [5.74, 6) is 0.884. The first-order valence-electron chi connectivity index (χ1n) is 7.26. The number of hydrogen-bond donors (Lipinski definition) is 2. The van der Waals surface area contributed by atoms with Crippen LogP contribution in [0.1, 0.15) is 58.8 Å². The van der Waals surface area contributed by atoms with Crippen molar-refractivity contribution >= 4 is 18.3 Å². The zero-order valence-electron chi connectivity index (χ0n) is 11.8. The molecule has 1 amide bonds. The van der Waals surface area contributed by atoms with E-state index in [0.717, 1.165) is 19.5 Å². The lowest BCUT2D eigenvalue weighted by Gasteiger charge is -2.16. The molecule has 1 rings (SSSR count). The molecule has 0 radical (unpaired) electrons. The molecule has 1 fully saturated rings. The molecule has 18 heavy (non-hydrogen) atoms. The maximum Gasteiger partial charge on any atom is 0.221 e. The fraction of sp³-hybridized carbons (Fsp3) is 0.929. The van der Waals surface area contributed by atoms with Crippen LogP contribution in [0.3, 0.4) is 0 Å². The van der Waals surface area contributed by atoms with Gasteiger partial charge in [-0.25, -0.2) is 0 Å². The van der Waals surface area contributed by atoms with Crippen LogP contribution in [0.4, 0.5) is 0 Å². The molecule has 0 bridgehead atoms. The number of amides is 1. The van der Waals surface area contributed by atoms with Crippen LogP contribution in [-0.4, -0.2) is 25.0 Å². The van der Waals surface area contributed by atoms with E-state index in [0.29, 0.717) is 18.4 Å². The Morgan fingerprint density at radius 3 is 2.78 bits per heavy atom. The molecule has 2 atom stereocenters. The molecule has 3 nitrogen and oxygen atoms in total. The first-order chi connectivity index (χ1) is 8.26. The molecule has 2 unspecified atom stereocenters. The summed E-state index contributed by atoms with van der Waals surface area (Å²) >= 11 is 0. The molecule has 1 aliphatic rings. The Balaban J connectivity index is 0.00000289. The van der Waals surface area contributed by atoms with Crippen LogP contribution in [0.15, 0.2) is 0 Å². The van der Waals surface area contributed by atoms with Gasteiger partial charge in [-0.1, -0.05) is 33.1 Å². The molecule has 1 aliphatic heterocycles. The fourth-order valence-electron chi connectivity index (χ4n) is 2.43. The average molecular weight is 277 g/mol. The second-order valence-corrected chi connectivity index (χ2v) is 5.22. The molecule has 4 heteroatoms. The maximum atomic E-state index is 11.7. The van der Waals surface area contributed by atoms with E-state index in [-0.39, 0.29) is 18.3 Å². The summed E-state index contributed by atoms with van der Waals surface area (Å²) in [6.07, 6.45) is 7.96. The third kappa shape index (κ3) is 7.22. The van der Waals surface area contributed by atoms with Gasteiger partial charge in [-0.2, -0.15) is 0 Å². The largest absolute Gasteiger partial charge is 0.356 e. The van der Waals surface area contributed by atoms with Gasteiger partial charge in [0.05, 0.1) is 0 Å². The standard InChI is InChI=1S/C14H28N2O.ClH/c1-3-5-7-12(4-2)11-16-14(17)10-13-8-6-9-15-13;/h12-13,15H,3-11H2,1-2H3,(H,16,17);1H. The third-order valence-corrected chi connectivity index (χ3v) is 3.73. The molecule has 108 valence electrons. The van der Waals surface area contributed by atoms with E-state index in [1.165, 1.54) is 32.1 Å². The van der Waals surface area contributed by atoms with E-state index in [1.807, 2.05) is 0 Å². The molecule has 2 N–H and O–H groups in total. The van der Waals surface area contributed by atoms with Gasteiger partial charge in [-0.3, -0.25) is 4.79 Å². The lowest BCUT2D eigenvalue weighted by molar-refractivity contribution is -0.121. The molecular weight excluding hydrogens is 248 g/mol. The average Bonchev–Trinajstić information content (AvgIpc) is 2.82. The van der Waals surface area contributed by atoms with Gasteiger partial charge in [0, 0.05) is 19.0 Å². The minimum Gasteiger partial charge on any atom is -0.356 e. The number of hydrogen-bond acceptors (Lipinski definition) is 2. The number of nitrogens with one attached hydrogen (secondary N) is 2. The summed E-state index contributed by atoms with van der Waals surface area (Å²) in [7, 11) is 0. The van der Waals surface area contributed by atoms with Gasteiger partial charge in [-0.15, -0.1) is 12.4 Å². The first kappa shape index (κ1) is 17.7. The number of carbonyl (C=O) groups excluding carboxylic acids is 1. The summed E-state index contributed by atoms with van der Waals surface area (Å²) < 4.78 is 0. The normalized spacial score (nSPS) is 20.2. The van der Waals surface area contributed by atoms with Crippen LogP contribution < -0.4 is 10.6 Å². The van der Waals surface area contributed by atoms with Crippen molar-refractivity contribution in [1.82, 2.24) is 10.6 Å². The Bertz CT molecular complexity index is 218. The Morgan fingerprint density at radius 1 is 1.44 bits per heavy atom. The van der Waals surface area contributed by atoms with Gasteiger partial charge in [0.2, 0.25) is 5.91 Å². The second-order valence-electron chi connectivity index (χ2n) is 5.22. The highest BCUT2D eigenvalue weighted by Crippen LogP contribution is 2.12. The molecule has 1 saturated heterocycles. The smallest absolute Gasteiger partial charge is 0.221 e. The van der Waals surface area contributed by atoms with E-state index in [1.54, 1.807) is 0 Å². The molecule has 1 heterocycles. The SMILES string of the molecule is CCCCC(CC)CNC(=O)CC1CCCN1.Cl. The van der Waals surface area contributed by atoms with Crippen molar-refractivity contribution in [3.63, 3.8) is 0 Å². The predicted octanol–water partition coefficient (Wildman–Crippen LogP) is 2.88. The van der Waals surface area contributed by atoms with Crippen LogP contribution in [0.2, 0.25) is 0 Å². The summed E-state index contributed by atoms with van der Waals surface area (Å²) in [5.41, 5.74) is 0. The van der Waals surface area contributed by atoms with E-state index in [2.05, 4.69) is 24.5 Å². The van der Waals surface area contributed by atoms with Crippen molar-refractivity contribution in [2.45, 2.75) is 64.8 Å². The number of rotatable bonds is 8. The minimum atomic E-state index is 0. The quantitative estimate of drug-likeness (QED) is 0.716. The van der Waals surface area contributed by atoms with Crippen molar-refractivity contribution in [2.75, 3.05) is 13.1 Å². The minimum absolute atomic E-state index is 0. The van der Waals surface area contributed by atoms with Crippen LogP contribution in [0.5, 0.6) is 0 Å². The van der Waals surface area contributed by atoms with Crippen LogP contribution in [0, 0.1) is 5.92 Å². The Hall–Kier alpha value is -0.280. The van der Waals surface area contributed by atoms with E-state index in [4.69, 9.17) is 0 Å². The van der Waals surface area contributed by atoms with Crippen LogP contribution >= 0.6 is 12.4 Å². The molecule has 0 aromatic rings. The van der Waals surface area contributed by atoms with E-state index < -0.39 is 0 Å².